The Labute approximate surface area is 108 Å². The Morgan fingerprint density at radius 3 is 2.67 bits per heavy atom. The standard InChI is InChI=1S/C14H21N3O/c1-17(9-11-7-12(15)8-11)10-14(18)16-13-5-3-2-4-6-13/h2-6,11-12H,7-10,15H2,1H3,(H,16,18). The number of anilines is 1. The zero-order chi connectivity index (χ0) is 13.0. The number of likely N-dealkylation sites (N-methyl/N-ethyl adjacent to an activating group) is 1. The van der Waals surface area contributed by atoms with Crippen molar-refractivity contribution in [3.63, 3.8) is 0 Å². The molecule has 1 aromatic rings. The maximum Gasteiger partial charge on any atom is 0.238 e. The molecule has 1 saturated carbocycles. The first kappa shape index (κ1) is 13.1. The predicted octanol–water partition coefficient (Wildman–Crippen LogP) is 1.29. The van der Waals surface area contributed by atoms with Crippen LogP contribution in [0.1, 0.15) is 12.8 Å². The summed E-state index contributed by atoms with van der Waals surface area (Å²) in [5.41, 5.74) is 6.60. The Morgan fingerprint density at radius 1 is 1.39 bits per heavy atom. The summed E-state index contributed by atoms with van der Waals surface area (Å²) in [4.78, 5) is 13.9. The zero-order valence-electron chi connectivity index (χ0n) is 10.8. The number of nitrogens with one attached hydrogen (secondary N) is 1. The number of hydrogen-bond donors (Lipinski definition) is 2. The van der Waals surface area contributed by atoms with Gasteiger partial charge in [0.25, 0.3) is 0 Å². The molecule has 4 heteroatoms. The first-order valence-corrected chi connectivity index (χ1v) is 6.42. The first-order valence-electron chi connectivity index (χ1n) is 6.42. The van der Waals surface area contributed by atoms with Crippen molar-refractivity contribution >= 4 is 11.6 Å². The summed E-state index contributed by atoms with van der Waals surface area (Å²) in [6.07, 6.45) is 2.18. The number of carbonyl (C=O) groups is 1. The molecular formula is C14H21N3O. The van der Waals surface area contributed by atoms with E-state index in [1.165, 1.54) is 0 Å². The summed E-state index contributed by atoms with van der Waals surface area (Å²) in [6, 6.07) is 9.92. The summed E-state index contributed by atoms with van der Waals surface area (Å²) < 4.78 is 0. The van der Waals surface area contributed by atoms with E-state index in [2.05, 4.69) is 10.2 Å². The lowest BCUT2D eigenvalue weighted by atomic mass is 9.81. The second-order valence-electron chi connectivity index (χ2n) is 5.21. The third kappa shape index (κ3) is 3.82. The minimum Gasteiger partial charge on any atom is -0.328 e. The van der Waals surface area contributed by atoms with Crippen LogP contribution in [-0.4, -0.2) is 37.0 Å². The summed E-state index contributed by atoms with van der Waals surface area (Å²) >= 11 is 0. The van der Waals surface area contributed by atoms with Gasteiger partial charge in [0.15, 0.2) is 0 Å². The summed E-state index contributed by atoms with van der Waals surface area (Å²) in [5, 5.41) is 2.89. The number of hydrogen-bond acceptors (Lipinski definition) is 3. The maximum absolute atomic E-state index is 11.8. The smallest absolute Gasteiger partial charge is 0.238 e. The molecule has 0 bridgehead atoms. The first-order chi connectivity index (χ1) is 8.63. The van der Waals surface area contributed by atoms with Crippen molar-refractivity contribution in [3.8, 4) is 0 Å². The molecule has 0 spiro atoms. The van der Waals surface area contributed by atoms with Crippen LogP contribution in [0.5, 0.6) is 0 Å². The third-order valence-corrected chi connectivity index (χ3v) is 3.31. The molecule has 0 aromatic heterocycles. The zero-order valence-corrected chi connectivity index (χ0v) is 10.8. The summed E-state index contributed by atoms with van der Waals surface area (Å²) in [7, 11) is 1.98. The summed E-state index contributed by atoms with van der Waals surface area (Å²) in [5.74, 6) is 0.696. The Hall–Kier alpha value is -1.39. The van der Waals surface area contributed by atoms with Crippen LogP contribution in [0.25, 0.3) is 0 Å². The molecule has 0 radical (unpaired) electrons. The van der Waals surface area contributed by atoms with Gasteiger partial charge < -0.3 is 11.1 Å². The van der Waals surface area contributed by atoms with Gasteiger partial charge in [0.05, 0.1) is 6.54 Å². The van der Waals surface area contributed by atoms with E-state index in [0.29, 0.717) is 18.5 Å². The van der Waals surface area contributed by atoms with Crippen LogP contribution in [0.4, 0.5) is 5.69 Å². The highest BCUT2D eigenvalue weighted by atomic mass is 16.2. The maximum atomic E-state index is 11.8. The Kier molecular flexibility index (Phi) is 4.33. The van der Waals surface area contributed by atoms with Crippen molar-refractivity contribution in [1.82, 2.24) is 4.90 Å². The van der Waals surface area contributed by atoms with Crippen molar-refractivity contribution in [3.05, 3.63) is 30.3 Å². The molecule has 1 aliphatic rings. The number of amides is 1. The van der Waals surface area contributed by atoms with Crippen LogP contribution < -0.4 is 11.1 Å². The third-order valence-electron chi connectivity index (χ3n) is 3.31. The van der Waals surface area contributed by atoms with Gasteiger partial charge in [0, 0.05) is 18.3 Å². The molecule has 1 amide bonds. The topological polar surface area (TPSA) is 58.4 Å². The van der Waals surface area contributed by atoms with Crippen LogP contribution in [0.15, 0.2) is 30.3 Å². The van der Waals surface area contributed by atoms with E-state index in [-0.39, 0.29) is 5.91 Å². The second-order valence-corrected chi connectivity index (χ2v) is 5.21. The molecule has 2 rings (SSSR count). The van der Waals surface area contributed by atoms with E-state index < -0.39 is 0 Å². The molecular weight excluding hydrogens is 226 g/mol. The molecule has 0 aliphatic heterocycles. The predicted molar refractivity (Wildman–Crippen MR) is 73.3 cm³/mol. The van der Waals surface area contributed by atoms with E-state index in [9.17, 15) is 4.79 Å². The number of rotatable bonds is 5. The van der Waals surface area contributed by atoms with Crippen molar-refractivity contribution in [2.75, 3.05) is 25.5 Å². The minimum atomic E-state index is 0.0346. The molecule has 18 heavy (non-hydrogen) atoms. The lowest BCUT2D eigenvalue weighted by Gasteiger charge is -2.35. The molecule has 98 valence electrons. The van der Waals surface area contributed by atoms with Crippen LogP contribution >= 0.6 is 0 Å². The molecule has 4 nitrogen and oxygen atoms in total. The van der Waals surface area contributed by atoms with Gasteiger partial charge in [0.1, 0.15) is 0 Å². The SMILES string of the molecule is CN(CC(=O)Nc1ccccc1)CC1CC(N)C1. The van der Waals surface area contributed by atoms with Gasteiger partial charge >= 0.3 is 0 Å². The largest absolute Gasteiger partial charge is 0.328 e. The van der Waals surface area contributed by atoms with Gasteiger partial charge in [-0.2, -0.15) is 0 Å². The van der Waals surface area contributed by atoms with Crippen molar-refractivity contribution in [1.29, 1.82) is 0 Å². The molecule has 1 aromatic carbocycles. The van der Waals surface area contributed by atoms with E-state index in [0.717, 1.165) is 25.1 Å². The van der Waals surface area contributed by atoms with E-state index in [1.54, 1.807) is 0 Å². The van der Waals surface area contributed by atoms with Gasteiger partial charge in [-0.3, -0.25) is 9.69 Å². The quantitative estimate of drug-likeness (QED) is 0.824. The number of carbonyl (C=O) groups excluding carboxylic acids is 1. The van der Waals surface area contributed by atoms with Gasteiger partial charge in [-0.1, -0.05) is 18.2 Å². The van der Waals surface area contributed by atoms with Crippen LogP contribution in [-0.2, 0) is 4.79 Å². The number of nitrogens with zero attached hydrogens (tertiary/aromatic N) is 1. The highest BCUT2D eigenvalue weighted by Gasteiger charge is 2.26. The molecule has 0 heterocycles. The highest BCUT2D eigenvalue weighted by Crippen LogP contribution is 2.25. The Morgan fingerprint density at radius 2 is 2.06 bits per heavy atom. The van der Waals surface area contributed by atoms with E-state index >= 15 is 0 Å². The fraction of sp³-hybridized carbons (Fsp3) is 0.500. The molecule has 0 unspecified atom stereocenters. The van der Waals surface area contributed by atoms with Crippen LogP contribution in [0.3, 0.4) is 0 Å². The monoisotopic (exact) mass is 247 g/mol. The van der Waals surface area contributed by atoms with E-state index in [4.69, 9.17) is 5.73 Å². The van der Waals surface area contributed by atoms with Gasteiger partial charge in [-0.25, -0.2) is 0 Å². The van der Waals surface area contributed by atoms with Crippen molar-refractivity contribution in [2.45, 2.75) is 18.9 Å². The lowest BCUT2D eigenvalue weighted by molar-refractivity contribution is -0.117. The number of para-hydroxylation sites is 1. The number of nitrogens with two attached hydrogens (primary N) is 1. The van der Waals surface area contributed by atoms with Gasteiger partial charge in [0.2, 0.25) is 5.91 Å². The molecule has 0 atom stereocenters. The Balaban J connectivity index is 1.70. The fourth-order valence-corrected chi connectivity index (χ4v) is 2.41. The molecule has 1 aliphatic carbocycles. The average Bonchev–Trinajstić information content (AvgIpc) is 2.28. The second kappa shape index (κ2) is 5.98. The number of benzene rings is 1. The van der Waals surface area contributed by atoms with Crippen molar-refractivity contribution < 1.29 is 4.79 Å². The van der Waals surface area contributed by atoms with Crippen LogP contribution in [0, 0.1) is 5.92 Å². The lowest BCUT2D eigenvalue weighted by Crippen LogP contribution is -2.43. The van der Waals surface area contributed by atoms with Crippen molar-refractivity contribution in [2.24, 2.45) is 11.7 Å². The Bertz CT molecular complexity index is 387. The molecule has 0 saturated heterocycles. The van der Waals surface area contributed by atoms with Gasteiger partial charge in [-0.15, -0.1) is 0 Å². The fourth-order valence-electron chi connectivity index (χ4n) is 2.41. The normalized spacial score (nSPS) is 22.6. The van der Waals surface area contributed by atoms with E-state index in [1.807, 2.05) is 37.4 Å². The highest BCUT2D eigenvalue weighted by molar-refractivity contribution is 5.92. The van der Waals surface area contributed by atoms with Gasteiger partial charge in [-0.05, 0) is 37.9 Å². The molecule has 1 fully saturated rings. The summed E-state index contributed by atoms with van der Waals surface area (Å²) in [6.45, 7) is 1.39. The molecule has 3 N–H and O–H groups in total. The van der Waals surface area contributed by atoms with Crippen LogP contribution in [0.2, 0.25) is 0 Å². The average molecular weight is 247 g/mol. The minimum absolute atomic E-state index is 0.0346.